The van der Waals surface area contributed by atoms with E-state index in [0.29, 0.717) is 31.3 Å². The Balaban J connectivity index is 1.33. The number of hydrogen-bond donors (Lipinski definition) is 0. The molecule has 0 N–H and O–H groups in total. The van der Waals surface area contributed by atoms with Crippen molar-refractivity contribution in [3.05, 3.63) is 60.0 Å². The fraction of sp³-hybridized carbons (Fsp3) is 0.400. The fourth-order valence-corrected chi connectivity index (χ4v) is 4.16. The molecular formula is C25H30N4O4. The molecule has 3 aromatic rings. The van der Waals surface area contributed by atoms with Crippen molar-refractivity contribution in [1.82, 2.24) is 19.9 Å². The van der Waals surface area contributed by atoms with E-state index in [2.05, 4.69) is 15.0 Å². The van der Waals surface area contributed by atoms with Crippen molar-refractivity contribution in [3.8, 4) is 22.9 Å². The van der Waals surface area contributed by atoms with Gasteiger partial charge in [-0.1, -0.05) is 17.3 Å². The first-order chi connectivity index (χ1) is 16.1. The summed E-state index contributed by atoms with van der Waals surface area (Å²) in [5.74, 6) is 2.83. The molecule has 1 fully saturated rings. The average molecular weight is 451 g/mol. The highest BCUT2D eigenvalue weighted by molar-refractivity contribution is 5.79. The van der Waals surface area contributed by atoms with Crippen LogP contribution < -0.4 is 9.47 Å². The standard InChI is InChI=1S/C25H30N4O4/c1-28(15-18-6-10-21(31-2)11-7-18)25(30)20-5-4-14-29(16-20)17-23-26-24(27-33-23)19-8-12-22(32-3)13-9-19/h6-13,20H,4-5,14-17H2,1-3H3. The number of aromatic nitrogens is 2. The Labute approximate surface area is 194 Å². The summed E-state index contributed by atoms with van der Waals surface area (Å²) in [5.41, 5.74) is 1.95. The van der Waals surface area contributed by atoms with E-state index in [1.165, 1.54) is 0 Å². The van der Waals surface area contributed by atoms with E-state index >= 15 is 0 Å². The van der Waals surface area contributed by atoms with E-state index in [4.69, 9.17) is 14.0 Å². The van der Waals surface area contributed by atoms with Crippen LogP contribution in [0.2, 0.25) is 0 Å². The van der Waals surface area contributed by atoms with Crippen LogP contribution in [-0.4, -0.2) is 60.2 Å². The van der Waals surface area contributed by atoms with Crippen LogP contribution in [0.3, 0.4) is 0 Å². The van der Waals surface area contributed by atoms with Gasteiger partial charge in [-0.05, 0) is 61.3 Å². The van der Waals surface area contributed by atoms with Crippen molar-refractivity contribution < 1.29 is 18.8 Å². The molecule has 174 valence electrons. The van der Waals surface area contributed by atoms with Gasteiger partial charge in [-0.3, -0.25) is 9.69 Å². The molecule has 8 nitrogen and oxygen atoms in total. The molecular weight excluding hydrogens is 420 g/mol. The third-order valence-electron chi connectivity index (χ3n) is 5.98. The molecule has 0 aliphatic carbocycles. The molecule has 0 saturated carbocycles. The minimum atomic E-state index is -0.0361. The zero-order valence-corrected chi connectivity index (χ0v) is 19.4. The van der Waals surface area contributed by atoms with E-state index in [0.717, 1.165) is 42.0 Å². The molecule has 1 aromatic heterocycles. The van der Waals surface area contributed by atoms with Crippen LogP contribution >= 0.6 is 0 Å². The Bertz CT molecular complexity index is 1050. The number of methoxy groups -OCH3 is 2. The number of piperidine rings is 1. The molecule has 33 heavy (non-hydrogen) atoms. The maximum Gasteiger partial charge on any atom is 0.241 e. The number of ether oxygens (including phenoxy) is 2. The lowest BCUT2D eigenvalue weighted by Crippen LogP contribution is -2.43. The first-order valence-electron chi connectivity index (χ1n) is 11.1. The molecule has 0 radical (unpaired) electrons. The van der Waals surface area contributed by atoms with E-state index in [-0.39, 0.29) is 11.8 Å². The van der Waals surface area contributed by atoms with Crippen molar-refractivity contribution in [2.24, 2.45) is 5.92 Å². The smallest absolute Gasteiger partial charge is 0.241 e. The predicted molar refractivity (Wildman–Crippen MR) is 124 cm³/mol. The summed E-state index contributed by atoms with van der Waals surface area (Å²) in [6, 6.07) is 15.4. The Hall–Kier alpha value is -3.39. The number of carbonyl (C=O) groups is 1. The molecule has 1 aliphatic heterocycles. The highest BCUT2D eigenvalue weighted by Gasteiger charge is 2.29. The number of carbonyl (C=O) groups excluding carboxylic acids is 1. The second-order valence-electron chi connectivity index (χ2n) is 8.36. The van der Waals surface area contributed by atoms with Crippen molar-refractivity contribution in [2.75, 3.05) is 34.4 Å². The quantitative estimate of drug-likeness (QED) is 0.518. The van der Waals surface area contributed by atoms with E-state index < -0.39 is 0 Å². The topological polar surface area (TPSA) is 80.9 Å². The highest BCUT2D eigenvalue weighted by Crippen LogP contribution is 2.23. The van der Waals surface area contributed by atoms with Crippen molar-refractivity contribution in [2.45, 2.75) is 25.9 Å². The van der Waals surface area contributed by atoms with Gasteiger partial charge in [0.25, 0.3) is 0 Å². The second-order valence-corrected chi connectivity index (χ2v) is 8.36. The van der Waals surface area contributed by atoms with Gasteiger partial charge in [-0.2, -0.15) is 4.98 Å². The van der Waals surface area contributed by atoms with Gasteiger partial charge in [-0.15, -0.1) is 0 Å². The van der Waals surface area contributed by atoms with Gasteiger partial charge in [0.2, 0.25) is 17.6 Å². The third kappa shape index (κ3) is 5.70. The molecule has 4 rings (SSSR count). The first-order valence-corrected chi connectivity index (χ1v) is 11.1. The Morgan fingerprint density at radius 3 is 2.42 bits per heavy atom. The zero-order chi connectivity index (χ0) is 23.2. The minimum Gasteiger partial charge on any atom is -0.497 e. The van der Waals surface area contributed by atoms with Crippen LogP contribution in [0, 0.1) is 5.92 Å². The lowest BCUT2D eigenvalue weighted by Gasteiger charge is -2.33. The monoisotopic (exact) mass is 450 g/mol. The van der Waals surface area contributed by atoms with Gasteiger partial charge in [0.1, 0.15) is 11.5 Å². The predicted octanol–water partition coefficient (Wildman–Crippen LogP) is 3.62. The van der Waals surface area contributed by atoms with Gasteiger partial charge >= 0.3 is 0 Å². The maximum atomic E-state index is 13.1. The fourth-order valence-electron chi connectivity index (χ4n) is 4.16. The molecule has 2 aromatic carbocycles. The molecule has 1 amide bonds. The summed E-state index contributed by atoms with van der Waals surface area (Å²) in [6.07, 6.45) is 1.86. The van der Waals surface area contributed by atoms with Crippen molar-refractivity contribution >= 4 is 5.91 Å². The van der Waals surface area contributed by atoms with Crippen molar-refractivity contribution in [1.29, 1.82) is 0 Å². The Kier molecular flexibility index (Phi) is 7.24. The molecule has 1 saturated heterocycles. The van der Waals surface area contributed by atoms with Gasteiger partial charge in [-0.25, -0.2) is 0 Å². The molecule has 8 heteroatoms. The van der Waals surface area contributed by atoms with E-state index in [1.54, 1.807) is 14.2 Å². The van der Waals surface area contributed by atoms with Crippen LogP contribution in [0.4, 0.5) is 0 Å². The lowest BCUT2D eigenvalue weighted by molar-refractivity contribution is -0.136. The largest absolute Gasteiger partial charge is 0.497 e. The van der Waals surface area contributed by atoms with Crippen LogP contribution in [-0.2, 0) is 17.9 Å². The zero-order valence-electron chi connectivity index (χ0n) is 19.4. The Morgan fingerprint density at radius 1 is 1.09 bits per heavy atom. The molecule has 2 heterocycles. The number of hydrogen-bond acceptors (Lipinski definition) is 7. The highest BCUT2D eigenvalue weighted by atomic mass is 16.5. The first kappa shape index (κ1) is 22.8. The number of likely N-dealkylation sites (tertiary alicyclic amines) is 1. The number of rotatable bonds is 8. The summed E-state index contributed by atoms with van der Waals surface area (Å²) in [7, 11) is 5.15. The molecule has 1 unspecified atom stereocenters. The SMILES string of the molecule is COc1ccc(CN(C)C(=O)C2CCCN(Cc3nc(-c4ccc(OC)cc4)no3)C2)cc1. The van der Waals surface area contributed by atoms with Gasteiger partial charge < -0.3 is 18.9 Å². The number of benzene rings is 2. The van der Waals surface area contributed by atoms with Crippen molar-refractivity contribution in [3.63, 3.8) is 0 Å². The lowest BCUT2D eigenvalue weighted by atomic mass is 9.96. The molecule has 1 atom stereocenters. The minimum absolute atomic E-state index is 0.0361. The average Bonchev–Trinajstić information content (AvgIpc) is 3.32. The Morgan fingerprint density at radius 2 is 1.76 bits per heavy atom. The van der Waals surface area contributed by atoms with E-state index in [1.807, 2.05) is 60.5 Å². The van der Waals surface area contributed by atoms with Crippen LogP contribution in [0.5, 0.6) is 11.5 Å². The van der Waals surface area contributed by atoms with E-state index in [9.17, 15) is 4.79 Å². The molecule has 0 spiro atoms. The van der Waals surface area contributed by atoms with Gasteiger partial charge in [0, 0.05) is 25.7 Å². The summed E-state index contributed by atoms with van der Waals surface area (Å²) in [5, 5.41) is 4.11. The van der Waals surface area contributed by atoms with Crippen LogP contribution in [0.1, 0.15) is 24.3 Å². The van der Waals surface area contributed by atoms with Crippen LogP contribution in [0.25, 0.3) is 11.4 Å². The number of amides is 1. The molecule has 0 bridgehead atoms. The van der Waals surface area contributed by atoms with Crippen LogP contribution in [0.15, 0.2) is 53.1 Å². The molecule has 1 aliphatic rings. The summed E-state index contributed by atoms with van der Waals surface area (Å²) in [4.78, 5) is 21.6. The van der Waals surface area contributed by atoms with Gasteiger partial charge in [0.15, 0.2) is 0 Å². The summed E-state index contributed by atoms with van der Waals surface area (Å²) >= 11 is 0. The maximum absolute atomic E-state index is 13.1. The second kappa shape index (κ2) is 10.5. The van der Waals surface area contributed by atoms with Gasteiger partial charge in [0.05, 0.1) is 26.7 Å². The summed E-state index contributed by atoms with van der Waals surface area (Å²) in [6.45, 7) is 2.71. The summed E-state index contributed by atoms with van der Waals surface area (Å²) < 4.78 is 15.9. The normalized spacial score (nSPS) is 16.4. The number of nitrogens with zero attached hydrogens (tertiary/aromatic N) is 4. The third-order valence-corrected chi connectivity index (χ3v) is 5.98.